The molecule has 0 aliphatic heterocycles. The summed E-state index contributed by atoms with van der Waals surface area (Å²) in [5, 5.41) is 3.95. The van der Waals surface area contributed by atoms with Gasteiger partial charge in [-0.05, 0) is 59.2 Å². The number of nitrogens with one attached hydrogen (secondary N) is 1. The van der Waals surface area contributed by atoms with Gasteiger partial charge < -0.3 is 5.32 Å². The summed E-state index contributed by atoms with van der Waals surface area (Å²) < 4.78 is 13.8. The third-order valence-corrected chi connectivity index (χ3v) is 5.00. The van der Waals surface area contributed by atoms with E-state index in [-0.39, 0.29) is 5.82 Å². The van der Waals surface area contributed by atoms with E-state index in [1.165, 1.54) is 37.8 Å². The predicted octanol–water partition coefficient (Wildman–Crippen LogP) is 4.84. The van der Waals surface area contributed by atoms with Gasteiger partial charge in [-0.1, -0.05) is 18.0 Å². The largest absolute Gasteiger partial charge is 0.380 e. The number of rotatable bonds is 2. The van der Waals surface area contributed by atoms with Gasteiger partial charge in [0.1, 0.15) is 5.82 Å². The van der Waals surface area contributed by atoms with Crippen LogP contribution >= 0.6 is 27.5 Å². The molecule has 3 rings (SSSR count). The van der Waals surface area contributed by atoms with Crippen LogP contribution in [0.2, 0.25) is 5.02 Å². The molecule has 3 atom stereocenters. The van der Waals surface area contributed by atoms with Crippen LogP contribution in [0.5, 0.6) is 0 Å². The lowest BCUT2D eigenvalue weighted by molar-refractivity contribution is 0.439. The van der Waals surface area contributed by atoms with Crippen molar-refractivity contribution in [2.24, 2.45) is 11.8 Å². The minimum absolute atomic E-state index is 0.305. The van der Waals surface area contributed by atoms with Crippen molar-refractivity contribution in [2.45, 2.75) is 31.7 Å². The Morgan fingerprint density at radius 3 is 2.71 bits per heavy atom. The minimum Gasteiger partial charge on any atom is -0.380 e. The van der Waals surface area contributed by atoms with Gasteiger partial charge in [-0.3, -0.25) is 0 Å². The van der Waals surface area contributed by atoms with Crippen LogP contribution in [0.25, 0.3) is 0 Å². The Kier molecular flexibility index (Phi) is 3.07. The molecule has 0 spiro atoms. The van der Waals surface area contributed by atoms with Gasteiger partial charge in [-0.15, -0.1) is 0 Å². The van der Waals surface area contributed by atoms with Gasteiger partial charge >= 0.3 is 0 Å². The SMILES string of the molecule is Fc1cc(Cl)c(NC2CC3CCC2C3)c(Br)c1. The van der Waals surface area contributed by atoms with Gasteiger partial charge in [0, 0.05) is 10.5 Å². The summed E-state index contributed by atoms with van der Waals surface area (Å²) in [6.07, 6.45) is 5.26. The highest BCUT2D eigenvalue weighted by Gasteiger charge is 2.39. The van der Waals surface area contributed by atoms with Crippen molar-refractivity contribution in [3.05, 3.63) is 27.4 Å². The van der Waals surface area contributed by atoms with E-state index in [0.717, 1.165) is 17.5 Å². The molecule has 2 fully saturated rings. The number of benzene rings is 1. The van der Waals surface area contributed by atoms with Crippen LogP contribution in [0.4, 0.5) is 10.1 Å². The third-order valence-electron chi connectivity index (χ3n) is 4.07. The molecule has 0 heterocycles. The summed E-state index contributed by atoms with van der Waals surface area (Å²) >= 11 is 9.45. The van der Waals surface area contributed by atoms with Gasteiger partial charge in [0.15, 0.2) is 0 Å². The first-order valence-electron chi connectivity index (χ1n) is 6.04. The van der Waals surface area contributed by atoms with Gasteiger partial charge in [-0.25, -0.2) is 4.39 Å². The minimum atomic E-state index is -0.305. The van der Waals surface area contributed by atoms with Crippen LogP contribution in [-0.4, -0.2) is 6.04 Å². The fourth-order valence-electron chi connectivity index (χ4n) is 3.29. The van der Waals surface area contributed by atoms with Crippen molar-refractivity contribution in [1.82, 2.24) is 0 Å². The molecule has 2 saturated carbocycles. The second-order valence-electron chi connectivity index (χ2n) is 5.17. The molecule has 2 aliphatic rings. The molecule has 17 heavy (non-hydrogen) atoms. The zero-order valence-corrected chi connectivity index (χ0v) is 11.7. The topological polar surface area (TPSA) is 12.0 Å². The standard InChI is InChI=1S/C13H14BrClFN/c14-10-5-9(16)6-11(15)13(10)17-12-4-7-1-2-8(12)3-7/h5-8,12,17H,1-4H2. The first-order valence-corrected chi connectivity index (χ1v) is 7.21. The highest BCUT2D eigenvalue weighted by atomic mass is 79.9. The zero-order chi connectivity index (χ0) is 12.0. The molecular weight excluding hydrogens is 305 g/mol. The van der Waals surface area contributed by atoms with Crippen LogP contribution in [-0.2, 0) is 0 Å². The van der Waals surface area contributed by atoms with Crippen LogP contribution in [0.15, 0.2) is 16.6 Å². The lowest BCUT2D eigenvalue weighted by atomic mass is 9.95. The first-order chi connectivity index (χ1) is 8.13. The quantitative estimate of drug-likeness (QED) is 0.822. The Bertz CT molecular complexity index is 428. The average molecular weight is 319 g/mol. The van der Waals surface area contributed by atoms with Crippen molar-refractivity contribution in [3.8, 4) is 0 Å². The van der Waals surface area contributed by atoms with E-state index in [2.05, 4.69) is 21.2 Å². The molecule has 1 nitrogen and oxygen atoms in total. The van der Waals surface area contributed by atoms with Crippen LogP contribution in [0.1, 0.15) is 25.7 Å². The summed E-state index contributed by atoms with van der Waals surface area (Å²) in [7, 11) is 0. The van der Waals surface area contributed by atoms with E-state index in [0.29, 0.717) is 15.5 Å². The van der Waals surface area contributed by atoms with E-state index in [1.54, 1.807) is 0 Å². The van der Waals surface area contributed by atoms with Crippen LogP contribution < -0.4 is 5.32 Å². The molecule has 2 bridgehead atoms. The summed E-state index contributed by atoms with van der Waals surface area (Å²) in [5.41, 5.74) is 0.839. The number of fused-ring (bicyclic) bond motifs is 2. The highest BCUT2D eigenvalue weighted by molar-refractivity contribution is 9.10. The molecule has 0 radical (unpaired) electrons. The second-order valence-corrected chi connectivity index (χ2v) is 6.43. The number of anilines is 1. The van der Waals surface area contributed by atoms with Crippen molar-refractivity contribution in [1.29, 1.82) is 0 Å². The molecule has 2 aliphatic carbocycles. The Labute approximate surface area is 114 Å². The molecule has 1 aromatic rings. The van der Waals surface area contributed by atoms with E-state index >= 15 is 0 Å². The monoisotopic (exact) mass is 317 g/mol. The maximum Gasteiger partial charge on any atom is 0.125 e. The van der Waals surface area contributed by atoms with Crippen LogP contribution in [0.3, 0.4) is 0 Å². The van der Waals surface area contributed by atoms with Gasteiger partial charge in [0.05, 0.1) is 10.7 Å². The Morgan fingerprint density at radius 1 is 1.29 bits per heavy atom. The predicted molar refractivity (Wildman–Crippen MR) is 72.0 cm³/mol. The Morgan fingerprint density at radius 2 is 2.12 bits per heavy atom. The molecule has 3 unspecified atom stereocenters. The second kappa shape index (κ2) is 4.43. The normalized spacial score (nSPS) is 30.9. The molecule has 92 valence electrons. The number of halogens is 3. The maximum absolute atomic E-state index is 13.1. The smallest absolute Gasteiger partial charge is 0.125 e. The van der Waals surface area contributed by atoms with Gasteiger partial charge in [-0.2, -0.15) is 0 Å². The molecule has 0 saturated heterocycles. The Balaban J connectivity index is 1.81. The molecule has 1 aromatic carbocycles. The molecular formula is C13H14BrClFN. The molecule has 0 amide bonds. The van der Waals surface area contributed by atoms with Crippen molar-refractivity contribution >= 4 is 33.2 Å². The van der Waals surface area contributed by atoms with E-state index in [1.807, 2.05) is 0 Å². The lowest BCUT2D eigenvalue weighted by Crippen LogP contribution is -2.26. The number of hydrogen-bond donors (Lipinski definition) is 1. The Hall–Kier alpha value is -0.280. The van der Waals surface area contributed by atoms with E-state index in [4.69, 9.17) is 11.6 Å². The summed E-state index contributed by atoms with van der Waals surface area (Å²) in [6, 6.07) is 3.33. The van der Waals surface area contributed by atoms with E-state index in [9.17, 15) is 4.39 Å². The first kappa shape index (κ1) is 11.8. The van der Waals surface area contributed by atoms with Crippen molar-refractivity contribution < 1.29 is 4.39 Å². The third kappa shape index (κ3) is 2.19. The van der Waals surface area contributed by atoms with Crippen molar-refractivity contribution in [2.75, 3.05) is 5.32 Å². The summed E-state index contributed by atoms with van der Waals surface area (Å²) in [5.74, 6) is 1.35. The maximum atomic E-state index is 13.1. The fourth-order valence-corrected chi connectivity index (χ4v) is 4.21. The van der Waals surface area contributed by atoms with Crippen molar-refractivity contribution in [3.63, 3.8) is 0 Å². The highest BCUT2D eigenvalue weighted by Crippen LogP contribution is 2.46. The van der Waals surface area contributed by atoms with Crippen LogP contribution in [0, 0.1) is 17.7 Å². The molecule has 1 N–H and O–H groups in total. The fraction of sp³-hybridized carbons (Fsp3) is 0.538. The molecule has 0 aromatic heterocycles. The lowest BCUT2D eigenvalue weighted by Gasteiger charge is -2.25. The van der Waals surface area contributed by atoms with Gasteiger partial charge in [0.2, 0.25) is 0 Å². The number of hydrogen-bond acceptors (Lipinski definition) is 1. The van der Waals surface area contributed by atoms with Gasteiger partial charge in [0.25, 0.3) is 0 Å². The average Bonchev–Trinajstić information content (AvgIpc) is 2.84. The van der Waals surface area contributed by atoms with E-state index < -0.39 is 0 Å². The molecule has 4 heteroatoms. The summed E-state index contributed by atoms with van der Waals surface area (Å²) in [6.45, 7) is 0. The summed E-state index contributed by atoms with van der Waals surface area (Å²) in [4.78, 5) is 0. The zero-order valence-electron chi connectivity index (χ0n) is 9.35.